The molecule has 0 spiro atoms. The molecule has 2 aromatic rings. The number of amides is 1. The van der Waals surface area contributed by atoms with Gasteiger partial charge in [0, 0.05) is 25.7 Å². The van der Waals surface area contributed by atoms with Gasteiger partial charge in [-0.1, -0.05) is 6.07 Å². The molecule has 1 heterocycles. The zero-order chi connectivity index (χ0) is 25.5. The van der Waals surface area contributed by atoms with Gasteiger partial charge < -0.3 is 24.8 Å². The van der Waals surface area contributed by atoms with Crippen molar-refractivity contribution >= 4 is 11.9 Å². The fourth-order valence-corrected chi connectivity index (χ4v) is 4.45. The number of likely N-dealkylation sites (tertiary alicyclic amines) is 1. The van der Waals surface area contributed by atoms with E-state index in [1.807, 2.05) is 20.8 Å². The number of carbonyl (C=O) groups excluding carboxylic acids is 2. The lowest BCUT2D eigenvalue weighted by Crippen LogP contribution is -2.45. The zero-order valence-corrected chi connectivity index (χ0v) is 20.8. The van der Waals surface area contributed by atoms with Crippen LogP contribution in [0.15, 0.2) is 30.3 Å². The number of esters is 1. The van der Waals surface area contributed by atoms with Crippen molar-refractivity contribution in [3.8, 4) is 11.8 Å². The van der Waals surface area contributed by atoms with Crippen molar-refractivity contribution < 1.29 is 24.2 Å². The van der Waals surface area contributed by atoms with Gasteiger partial charge in [0.1, 0.15) is 5.75 Å². The lowest BCUT2D eigenvalue weighted by atomic mass is 9.94. The summed E-state index contributed by atoms with van der Waals surface area (Å²) in [6.45, 7) is 7.96. The fourth-order valence-electron chi connectivity index (χ4n) is 4.45. The van der Waals surface area contributed by atoms with E-state index in [1.54, 1.807) is 30.3 Å². The number of benzene rings is 2. The quantitative estimate of drug-likeness (QED) is 0.559. The van der Waals surface area contributed by atoms with E-state index in [1.165, 1.54) is 7.11 Å². The van der Waals surface area contributed by atoms with E-state index in [0.29, 0.717) is 35.6 Å². The van der Waals surface area contributed by atoms with Crippen LogP contribution in [-0.2, 0) is 4.74 Å². The number of methoxy groups -OCH3 is 1. The number of hydrogen-bond donors (Lipinski definition) is 2. The second-order valence-electron chi connectivity index (χ2n) is 8.76. The highest BCUT2D eigenvalue weighted by atomic mass is 16.5. The molecule has 2 N–H and O–H groups in total. The first-order valence-electron chi connectivity index (χ1n) is 11.9. The van der Waals surface area contributed by atoms with Crippen molar-refractivity contribution in [1.29, 1.82) is 5.26 Å². The van der Waals surface area contributed by atoms with Gasteiger partial charge in [-0.15, -0.1) is 0 Å². The summed E-state index contributed by atoms with van der Waals surface area (Å²) in [5.41, 5.74) is 3.87. The van der Waals surface area contributed by atoms with Gasteiger partial charge >= 0.3 is 5.97 Å². The predicted molar refractivity (Wildman–Crippen MR) is 131 cm³/mol. The molecular formula is C27H33N3O5. The van der Waals surface area contributed by atoms with Crippen molar-refractivity contribution in [2.45, 2.75) is 45.8 Å². The maximum absolute atomic E-state index is 12.9. The van der Waals surface area contributed by atoms with Crippen LogP contribution in [0.25, 0.3) is 0 Å². The third-order valence-corrected chi connectivity index (χ3v) is 6.60. The summed E-state index contributed by atoms with van der Waals surface area (Å²) in [7, 11) is 1.36. The van der Waals surface area contributed by atoms with E-state index >= 15 is 0 Å². The average Bonchev–Trinajstić information content (AvgIpc) is 2.86. The Morgan fingerprint density at radius 3 is 2.49 bits per heavy atom. The zero-order valence-electron chi connectivity index (χ0n) is 20.8. The minimum absolute atomic E-state index is 0.0179. The summed E-state index contributed by atoms with van der Waals surface area (Å²) in [5, 5.41) is 23.1. The van der Waals surface area contributed by atoms with Crippen LogP contribution in [0.5, 0.6) is 5.75 Å². The number of piperidine rings is 1. The fraction of sp³-hybridized carbons (Fsp3) is 0.444. The van der Waals surface area contributed by atoms with Crippen molar-refractivity contribution in [2.75, 3.05) is 33.4 Å². The minimum Gasteiger partial charge on any atom is -0.493 e. The van der Waals surface area contributed by atoms with Gasteiger partial charge in [-0.2, -0.15) is 5.26 Å². The molecule has 0 saturated carbocycles. The maximum Gasteiger partial charge on any atom is 0.338 e. The average molecular weight is 480 g/mol. The molecule has 1 aliphatic rings. The summed E-state index contributed by atoms with van der Waals surface area (Å²) >= 11 is 0. The topological polar surface area (TPSA) is 112 Å². The smallest absolute Gasteiger partial charge is 0.338 e. The summed E-state index contributed by atoms with van der Waals surface area (Å²) in [6.07, 6.45) is 0.842. The normalized spacial score (nSPS) is 15.2. The summed E-state index contributed by atoms with van der Waals surface area (Å²) < 4.78 is 10.4. The molecule has 8 nitrogen and oxygen atoms in total. The second kappa shape index (κ2) is 11.8. The molecular weight excluding hydrogens is 446 g/mol. The SMILES string of the molecule is CCOc1cc(C#N)ccc1C(=O)NC1CCN(CC(O)c2ccc(C(=O)OC)c(C)c2C)CC1. The Morgan fingerprint density at radius 1 is 1.17 bits per heavy atom. The predicted octanol–water partition coefficient (Wildman–Crippen LogP) is 3.29. The molecule has 186 valence electrons. The standard InChI is InChI=1S/C27H33N3O5/c1-5-35-25-14-19(15-28)6-7-23(25)26(32)29-20-10-12-30(13-11-20)16-24(31)21-8-9-22(27(33)34-4)18(3)17(21)2/h6-9,14,20,24,31H,5,10-13,16H2,1-4H3,(H,29,32). The van der Waals surface area contributed by atoms with E-state index in [4.69, 9.17) is 14.7 Å². The van der Waals surface area contributed by atoms with Crippen molar-refractivity contribution in [3.05, 3.63) is 63.7 Å². The molecule has 35 heavy (non-hydrogen) atoms. The molecule has 2 aromatic carbocycles. The van der Waals surface area contributed by atoms with E-state index in [0.717, 1.165) is 42.6 Å². The van der Waals surface area contributed by atoms with E-state index in [2.05, 4.69) is 16.3 Å². The van der Waals surface area contributed by atoms with E-state index in [-0.39, 0.29) is 17.9 Å². The number of β-amino-alcohol motifs (C(OH)–C–C–N with tert-alkyl or cyclic N) is 1. The maximum atomic E-state index is 12.9. The molecule has 1 unspecified atom stereocenters. The highest BCUT2D eigenvalue weighted by Gasteiger charge is 2.25. The second-order valence-corrected chi connectivity index (χ2v) is 8.76. The largest absolute Gasteiger partial charge is 0.493 e. The number of carbonyl (C=O) groups is 2. The Balaban J connectivity index is 1.57. The molecule has 1 saturated heterocycles. The monoisotopic (exact) mass is 479 g/mol. The van der Waals surface area contributed by atoms with Gasteiger partial charge in [-0.25, -0.2) is 4.79 Å². The molecule has 0 aliphatic carbocycles. The third kappa shape index (κ3) is 6.18. The van der Waals surface area contributed by atoms with Crippen LogP contribution < -0.4 is 10.1 Å². The Morgan fingerprint density at radius 2 is 1.86 bits per heavy atom. The summed E-state index contributed by atoms with van der Waals surface area (Å²) in [6, 6.07) is 10.4. The van der Waals surface area contributed by atoms with Crippen LogP contribution in [-0.4, -0.2) is 61.3 Å². The van der Waals surface area contributed by atoms with Gasteiger partial charge in [-0.3, -0.25) is 4.79 Å². The van der Waals surface area contributed by atoms with Gasteiger partial charge in [-0.05, 0) is 74.6 Å². The Labute approximate surface area is 206 Å². The molecule has 0 radical (unpaired) electrons. The molecule has 1 fully saturated rings. The van der Waals surface area contributed by atoms with Crippen molar-refractivity contribution in [2.24, 2.45) is 0 Å². The lowest BCUT2D eigenvalue weighted by molar-refractivity contribution is 0.0599. The number of nitriles is 1. The lowest BCUT2D eigenvalue weighted by Gasteiger charge is -2.34. The molecule has 8 heteroatoms. The molecule has 0 bridgehead atoms. The van der Waals surface area contributed by atoms with Crippen molar-refractivity contribution in [3.63, 3.8) is 0 Å². The van der Waals surface area contributed by atoms with Gasteiger partial charge in [0.15, 0.2) is 0 Å². The molecule has 1 amide bonds. The van der Waals surface area contributed by atoms with Crippen LogP contribution >= 0.6 is 0 Å². The van der Waals surface area contributed by atoms with E-state index in [9.17, 15) is 14.7 Å². The van der Waals surface area contributed by atoms with Crippen molar-refractivity contribution in [1.82, 2.24) is 10.2 Å². The number of aliphatic hydroxyl groups excluding tert-OH is 1. The molecule has 1 aliphatic heterocycles. The number of nitrogens with one attached hydrogen (secondary N) is 1. The van der Waals surface area contributed by atoms with Crippen LogP contribution in [0.1, 0.15) is 68.8 Å². The highest BCUT2D eigenvalue weighted by molar-refractivity contribution is 5.97. The van der Waals surface area contributed by atoms with Gasteiger partial charge in [0.2, 0.25) is 0 Å². The van der Waals surface area contributed by atoms with Crippen LogP contribution in [0.4, 0.5) is 0 Å². The van der Waals surface area contributed by atoms with Gasteiger partial charge in [0.05, 0.1) is 42.6 Å². The van der Waals surface area contributed by atoms with Crippen LogP contribution in [0.3, 0.4) is 0 Å². The third-order valence-electron chi connectivity index (χ3n) is 6.60. The molecule has 1 atom stereocenters. The Hall–Kier alpha value is -3.41. The number of rotatable bonds is 8. The minimum atomic E-state index is -0.682. The first-order chi connectivity index (χ1) is 16.8. The number of hydrogen-bond acceptors (Lipinski definition) is 7. The first kappa shape index (κ1) is 26.2. The Bertz CT molecular complexity index is 1120. The first-order valence-corrected chi connectivity index (χ1v) is 11.9. The van der Waals surface area contributed by atoms with Crippen LogP contribution in [0, 0.1) is 25.2 Å². The number of aliphatic hydroxyl groups is 1. The summed E-state index contributed by atoms with van der Waals surface area (Å²) in [4.78, 5) is 27.0. The number of ether oxygens (including phenoxy) is 2. The molecule has 3 rings (SSSR count). The molecule has 0 aromatic heterocycles. The highest BCUT2D eigenvalue weighted by Crippen LogP contribution is 2.26. The van der Waals surface area contributed by atoms with Gasteiger partial charge in [0.25, 0.3) is 5.91 Å². The van der Waals surface area contributed by atoms with E-state index < -0.39 is 6.10 Å². The Kier molecular flexibility index (Phi) is 8.85. The van der Waals surface area contributed by atoms with Crippen LogP contribution in [0.2, 0.25) is 0 Å². The number of nitrogens with zero attached hydrogens (tertiary/aromatic N) is 2. The summed E-state index contributed by atoms with van der Waals surface area (Å²) in [5.74, 6) is -0.188.